The molecule has 96 valence electrons. The van der Waals surface area contributed by atoms with Crippen molar-refractivity contribution in [2.45, 2.75) is 25.9 Å². The van der Waals surface area contributed by atoms with Gasteiger partial charge in [0, 0.05) is 12.0 Å². The molecule has 1 fully saturated rings. The molecule has 1 aliphatic carbocycles. The summed E-state index contributed by atoms with van der Waals surface area (Å²) >= 11 is 12.5. The Labute approximate surface area is 117 Å². The number of hydrogen-bond donors (Lipinski definition) is 2. The van der Waals surface area contributed by atoms with Crippen LogP contribution in [0.3, 0.4) is 0 Å². The molecule has 0 saturated heterocycles. The average molecular weight is 286 g/mol. The fraction of sp³-hybridized carbons (Fsp3) is 0.500. The zero-order chi connectivity index (χ0) is 12.7. The Morgan fingerprint density at radius 1 is 1.44 bits per heavy atom. The molecular formula is C12H14BCl2NO2. The highest BCUT2D eigenvalue weighted by atomic mass is 35.5. The fourth-order valence-electron chi connectivity index (χ4n) is 2.43. The van der Waals surface area contributed by atoms with Crippen LogP contribution in [0.25, 0.3) is 0 Å². The molecule has 0 amide bonds. The molecule has 3 rings (SSSR count). The number of rotatable bonds is 3. The van der Waals surface area contributed by atoms with Crippen molar-refractivity contribution < 1.29 is 9.68 Å². The summed E-state index contributed by atoms with van der Waals surface area (Å²) in [5.41, 5.74) is 2.23. The Balaban J connectivity index is 1.86. The van der Waals surface area contributed by atoms with Crippen LogP contribution in [0.5, 0.6) is 0 Å². The van der Waals surface area contributed by atoms with E-state index in [0.717, 1.165) is 12.1 Å². The van der Waals surface area contributed by atoms with E-state index in [1.165, 1.54) is 19.3 Å². The van der Waals surface area contributed by atoms with E-state index >= 15 is 0 Å². The van der Waals surface area contributed by atoms with Gasteiger partial charge >= 0.3 is 7.12 Å². The van der Waals surface area contributed by atoms with E-state index in [9.17, 15) is 5.02 Å². The summed E-state index contributed by atoms with van der Waals surface area (Å²) in [6.07, 6.45) is 3.84. The van der Waals surface area contributed by atoms with E-state index in [1.54, 1.807) is 0 Å². The zero-order valence-corrected chi connectivity index (χ0v) is 11.4. The van der Waals surface area contributed by atoms with E-state index in [2.05, 4.69) is 5.32 Å². The summed E-state index contributed by atoms with van der Waals surface area (Å²) < 4.78 is 5.16. The second-order valence-corrected chi connectivity index (χ2v) is 5.75. The number of halogens is 2. The summed E-state index contributed by atoms with van der Waals surface area (Å²) in [7, 11) is -0.936. The third-order valence-corrected chi connectivity index (χ3v) is 4.47. The number of nitrogens with one attached hydrogen (secondary N) is 1. The summed E-state index contributed by atoms with van der Waals surface area (Å²) in [6, 6.07) is 1.82. The van der Waals surface area contributed by atoms with Gasteiger partial charge in [-0.3, -0.25) is 0 Å². The van der Waals surface area contributed by atoms with Crippen LogP contribution in [-0.2, 0) is 11.3 Å². The van der Waals surface area contributed by atoms with Crippen LogP contribution in [0.4, 0.5) is 5.69 Å². The van der Waals surface area contributed by atoms with E-state index in [1.807, 2.05) is 6.07 Å². The van der Waals surface area contributed by atoms with Crippen LogP contribution < -0.4 is 10.8 Å². The Morgan fingerprint density at radius 3 is 2.89 bits per heavy atom. The molecule has 1 saturated carbocycles. The molecule has 1 aliphatic heterocycles. The molecule has 0 bridgehead atoms. The van der Waals surface area contributed by atoms with Gasteiger partial charge in [0.15, 0.2) is 0 Å². The number of fused-ring (bicyclic) bond motifs is 1. The van der Waals surface area contributed by atoms with Gasteiger partial charge < -0.3 is 15.0 Å². The van der Waals surface area contributed by atoms with Crippen molar-refractivity contribution in [3.05, 3.63) is 21.7 Å². The van der Waals surface area contributed by atoms with Crippen molar-refractivity contribution in [3.8, 4) is 0 Å². The van der Waals surface area contributed by atoms with Crippen LogP contribution in [-0.4, -0.2) is 18.7 Å². The standard InChI is InChI=1S/C12H14BCl2NO2/c14-9-4-8-6-18-13(17)10(8)11(15)12(9)16-5-7-2-1-3-7/h4,7,16-17H,1-3,5-6H2. The molecular weight excluding hydrogens is 272 g/mol. The summed E-state index contributed by atoms with van der Waals surface area (Å²) in [6.45, 7) is 1.24. The van der Waals surface area contributed by atoms with Gasteiger partial charge in [0.25, 0.3) is 0 Å². The van der Waals surface area contributed by atoms with E-state index in [-0.39, 0.29) is 0 Å². The molecule has 1 aromatic carbocycles. The summed E-state index contributed by atoms with van der Waals surface area (Å²) in [4.78, 5) is 0. The van der Waals surface area contributed by atoms with E-state index in [4.69, 9.17) is 27.9 Å². The van der Waals surface area contributed by atoms with Crippen LogP contribution in [0.15, 0.2) is 6.07 Å². The van der Waals surface area contributed by atoms with Crippen molar-refractivity contribution in [1.29, 1.82) is 0 Å². The zero-order valence-electron chi connectivity index (χ0n) is 9.88. The smallest absolute Gasteiger partial charge is 0.423 e. The minimum Gasteiger partial charge on any atom is -0.423 e. The largest absolute Gasteiger partial charge is 0.493 e. The lowest BCUT2D eigenvalue weighted by atomic mass is 9.79. The first-order valence-corrected chi connectivity index (χ1v) is 6.96. The minimum absolute atomic E-state index is 0.360. The van der Waals surface area contributed by atoms with Crippen LogP contribution in [0.2, 0.25) is 10.0 Å². The number of anilines is 1. The molecule has 3 nitrogen and oxygen atoms in total. The minimum atomic E-state index is -0.936. The van der Waals surface area contributed by atoms with Crippen molar-refractivity contribution in [1.82, 2.24) is 0 Å². The normalized spacial score (nSPS) is 18.7. The van der Waals surface area contributed by atoms with E-state index < -0.39 is 7.12 Å². The molecule has 18 heavy (non-hydrogen) atoms. The van der Waals surface area contributed by atoms with E-state index in [0.29, 0.717) is 33.7 Å². The number of hydrogen-bond acceptors (Lipinski definition) is 3. The molecule has 0 radical (unpaired) electrons. The summed E-state index contributed by atoms with van der Waals surface area (Å²) in [5, 5.41) is 14.1. The lowest BCUT2D eigenvalue weighted by Gasteiger charge is -2.26. The van der Waals surface area contributed by atoms with Gasteiger partial charge in [-0.1, -0.05) is 29.6 Å². The van der Waals surface area contributed by atoms with Crippen molar-refractivity contribution in [2.24, 2.45) is 5.92 Å². The summed E-state index contributed by atoms with van der Waals surface area (Å²) in [5.74, 6) is 0.714. The highest BCUT2D eigenvalue weighted by molar-refractivity contribution is 6.66. The molecule has 0 unspecified atom stereocenters. The second-order valence-electron chi connectivity index (χ2n) is 4.96. The maximum Gasteiger partial charge on any atom is 0.493 e. The van der Waals surface area contributed by atoms with Gasteiger partial charge in [0.1, 0.15) is 0 Å². The van der Waals surface area contributed by atoms with Gasteiger partial charge in [-0.25, -0.2) is 0 Å². The second kappa shape index (κ2) is 4.93. The van der Waals surface area contributed by atoms with Crippen LogP contribution >= 0.6 is 23.2 Å². The Kier molecular flexibility index (Phi) is 3.45. The molecule has 0 aromatic heterocycles. The van der Waals surface area contributed by atoms with Gasteiger partial charge in [0.2, 0.25) is 0 Å². The molecule has 2 aliphatic rings. The van der Waals surface area contributed by atoms with Gasteiger partial charge in [0.05, 0.1) is 22.3 Å². The third-order valence-electron chi connectivity index (χ3n) is 3.78. The van der Waals surface area contributed by atoms with Crippen LogP contribution in [0, 0.1) is 5.92 Å². The predicted molar refractivity (Wildman–Crippen MR) is 74.7 cm³/mol. The topological polar surface area (TPSA) is 41.5 Å². The quantitative estimate of drug-likeness (QED) is 0.838. The maximum atomic E-state index is 9.73. The molecule has 6 heteroatoms. The predicted octanol–water partition coefficient (Wildman–Crippen LogP) is 2.42. The molecule has 1 aromatic rings. The molecule has 2 N–H and O–H groups in total. The molecule has 0 spiro atoms. The maximum absolute atomic E-state index is 9.73. The average Bonchev–Trinajstić information content (AvgIpc) is 2.62. The molecule has 0 atom stereocenters. The Hall–Kier alpha value is -0.415. The monoisotopic (exact) mass is 285 g/mol. The lowest BCUT2D eigenvalue weighted by Crippen LogP contribution is -2.30. The van der Waals surface area contributed by atoms with Crippen molar-refractivity contribution in [3.63, 3.8) is 0 Å². The molecule has 1 heterocycles. The van der Waals surface area contributed by atoms with Crippen molar-refractivity contribution >= 4 is 41.5 Å². The van der Waals surface area contributed by atoms with Gasteiger partial charge in [-0.2, -0.15) is 0 Å². The third kappa shape index (κ3) is 2.12. The first-order valence-electron chi connectivity index (χ1n) is 6.21. The lowest BCUT2D eigenvalue weighted by molar-refractivity contribution is 0.275. The highest BCUT2D eigenvalue weighted by Gasteiger charge is 2.32. The number of benzene rings is 1. The Morgan fingerprint density at radius 2 is 2.22 bits per heavy atom. The van der Waals surface area contributed by atoms with Crippen LogP contribution in [0.1, 0.15) is 24.8 Å². The SMILES string of the molecule is OB1OCc2cc(Cl)c(NCC3CCC3)c(Cl)c21. The first-order chi connectivity index (χ1) is 8.66. The first kappa shape index (κ1) is 12.6. The highest BCUT2D eigenvalue weighted by Crippen LogP contribution is 2.34. The van der Waals surface area contributed by atoms with Gasteiger partial charge in [-0.05, 0) is 30.4 Å². The fourth-order valence-corrected chi connectivity index (χ4v) is 3.15. The van der Waals surface area contributed by atoms with Crippen molar-refractivity contribution in [2.75, 3.05) is 11.9 Å². The van der Waals surface area contributed by atoms with Gasteiger partial charge in [-0.15, -0.1) is 0 Å². The Bertz CT molecular complexity index is 480.